The highest BCUT2D eigenvalue weighted by Gasteiger charge is 2.25. The highest BCUT2D eigenvalue weighted by atomic mass is 32.1. The summed E-state index contributed by atoms with van der Waals surface area (Å²) in [7, 11) is 1.33. The van der Waals surface area contributed by atoms with Crippen molar-refractivity contribution in [2.45, 2.75) is 45.2 Å². The molecular weight excluding hydrogens is 326 g/mol. The van der Waals surface area contributed by atoms with Crippen LogP contribution in [0.3, 0.4) is 0 Å². The van der Waals surface area contributed by atoms with E-state index in [-0.39, 0.29) is 11.9 Å². The first-order valence-corrected chi connectivity index (χ1v) is 8.85. The fraction of sp³-hybridized carbons (Fsp3) is 0.471. The number of carbonyl (C=O) groups excluding carboxylic acids is 2. The summed E-state index contributed by atoms with van der Waals surface area (Å²) in [5.41, 5.74) is 2.49. The van der Waals surface area contributed by atoms with Crippen LogP contribution in [-0.2, 0) is 17.6 Å². The SMILES string of the molecule is COC(=O)c1ccc(C(=O)NC2CCc3cnn(C(C)C)c3C2)s1. The van der Waals surface area contributed by atoms with Gasteiger partial charge in [-0.15, -0.1) is 11.3 Å². The van der Waals surface area contributed by atoms with Crippen LogP contribution < -0.4 is 5.32 Å². The summed E-state index contributed by atoms with van der Waals surface area (Å²) in [5.74, 6) is -0.554. The van der Waals surface area contributed by atoms with Crippen molar-refractivity contribution in [2.24, 2.45) is 0 Å². The molecule has 1 aliphatic rings. The van der Waals surface area contributed by atoms with Gasteiger partial charge in [-0.25, -0.2) is 4.79 Å². The van der Waals surface area contributed by atoms with Crippen LogP contribution >= 0.6 is 11.3 Å². The van der Waals surface area contributed by atoms with Gasteiger partial charge in [-0.3, -0.25) is 9.48 Å². The highest BCUT2D eigenvalue weighted by Crippen LogP contribution is 2.24. The van der Waals surface area contributed by atoms with E-state index in [1.807, 2.05) is 10.9 Å². The van der Waals surface area contributed by atoms with E-state index in [1.165, 1.54) is 18.4 Å². The maximum atomic E-state index is 12.4. The first kappa shape index (κ1) is 16.7. The molecule has 3 rings (SSSR count). The number of ether oxygens (including phenoxy) is 1. The van der Waals surface area contributed by atoms with E-state index in [0.29, 0.717) is 15.8 Å². The Labute approximate surface area is 144 Å². The number of esters is 1. The quantitative estimate of drug-likeness (QED) is 0.863. The monoisotopic (exact) mass is 347 g/mol. The van der Waals surface area contributed by atoms with Crippen molar-refractivity contribution in [3.05, 3.63) is 39.3 Å². The molecule has 0 saturated carbocycles. The van der Waals surface area contributed by atoms with Gasteiger partial charge in [-0.05, 0) is 44.4 Å². The lowest BCUT2D eigenvalue weighted by atomic mass is 9.93. The predicted molar refractivity (Wildman–Crippen MR) is 91.5 cm³/mol. The lowest BCUT2D eigenvalue weighted by molar-refractivity contribution is 0.0606. The fourth-order valence-corrected chi connectivity index (χ4v) is 3.84. The zero-order valence-electron chi connectivity index (χ0n) is 14.0. The molecule has 0 fully saturated rings. The number of fused-ring (bicyclic) bond motifs is 1. The van der Waals surface area contributed by atoms with E-state index in [2.05, 4.69) is 29.0 Å². The van der Waals surface area contributed by atoms with Crippen molar-refractivity contribution in [2.75, 3.05) is 7.11 Å². The molecule has 1 atom stereocenters. The predicted octanol–water partition coefficient (Wildman–Crippen LogP) is 2.60. The average Bonchev–Trinajstić information content (AvgIpc) is 3.20. The van der Waals surface area contributed by atoms with Gasteiger partial charge in [0.25, 0.3) is 5.91 Å². The standard InChI is InChI=1S/C17H21N3O3S/c1-10(2)20-13-8-12(5-4-11(13)9-18-20)19-16(21)14-6-7-15(24-14)17(22)23-3/h6-7,9-10,12H,4-5,8H2,1-3H3,(H,19,21). The van der Waals surface area contributed by atoms with Gasteiger partial charge in [-0.1, -0.05) is 0 Å². The van der Waals surface area contributed by atoms with Gasteiger partial charge in [0.2, 0.25) is 0 Å². The Kier molecular flexibility index (Phi) is 4.71. The van der Waals surface area contributed by atoms with Gasteiger partial charge in [0.05, 0.1) is 18.2 Å². The number of thiophene rings is 1. The van der Waals surface area contributed by atoms with Gasteiger partial charge >= 0.3 is 5.97 Å². The number of carbonyl (C=O) groups is 2. The van der Waals surface area contributed by atoms with E-state index < -0.39 is 5.97 Å². The molecule has 6 nitrogen and oxygen atoms in total. The molecule has 128 valence electrons. The van der Waals surface area contributed by atoms with E-state index >= 15 is 0 Å². The maximum Gasteiger partial charge on any atom is 0.348 e. The maximum absolute atomic E-state index is 12.4. The second kappa shape index (κ2) is 6.76. The Bertz CT molecular complexity index is 763. The number of methoxy groups -OCH3 is 1. The van der Waals surface area contributed by atoms with Gasteiger partial charge in [0.15, 0.2) is 0 Å². The topological polar surface area (TPSA) is 73.2 Å². The molecule has 2 aromatic rings. The molecule has 0 radical (unpaired) electrons. The minimum atomic E-state index is -0.415. The van der Waals surface area contributed by atoms with Crippen LogP contribution in [0.4, 0.5) is 0 Å². The number of nitrogens with zero attached hydrogens (tertiary/aromatic N) is 2. The second-order valence-corrected chi connectivity index (χ2v) is 7.31. The minimum Gasteiger partial charge on any atom is -0.465 e. The van der Waals surface area contributed by atoms with E-state index in [9.17, 15) is 9.59 Å². The van der Waals surface area contributed by atoms with E-state index in [1.54, 1.807) is 12.1 Å². The third-order valence-electron chi connectivity index (χ3n) is 4.23. The Morgan fingerprint density at radius 3 is 2.83 bits per heavy atom. The van der Waals surface area contributed by atoms with E-state index in [4.69, 9.17) is 0 Å². The number of hydrogen-bond acceptors (Lipinski definition) is 5. The molecule has 0 saturated heterocycles. The smallest absolute Gasteiger partial charge is 0.348 e. The number of aromatic nitrogens is 2. The lowest BCUT2D eigenvalue weighted by Gasteiger charge is -2.25. The van der Waals surface area contributed by atoms with Gasteiger partial charge < -0.3 is 10.1 Å². The molecule has 1 amide bonds. The normalized spacial score (nSPS) is 16.8. The van der Waals surface area contributed by atoms with Crippen molar-refractivity contribution in [3.63, 3.8) is 0 Å². The summed E-state index contributed by atoms with van der Waals surface area (Å²) in [4.78, 5) is 24.9. The molecule has 1 N–H and O–H groups in total. The van der Waals surface area contributed by atoms with Crippen molar-refractivity contribution in [3.8, 4) is 0 Å². The second-order valence-electron chi connectivity index (χ2n) is 6.22. The molecule has 0 aromatic carbocycles. The molecule has 1 aliphatic carbocycles. The molecule has 2 heterocycles. The molecular formula is C17H21N3O3S. The zero-order chi connectivity index (χ0) is 17.3. The summed E-state index contributed by atoms with van der Waals surface area (Å²) in [6.07, 6.45) is 4.55. The van der Waals surface area contributed by atoms with Crippen LogP contribution in [0.15, 0.2) is 18.3 Å². The van der Waals surface area contributed by atoms with Crippen LogP contribution in [0.2, 0.25) is 0 Å². The molecule has 0 spiro atoms. The van der Waals surface area contributed by atoms with Crippen LogP contribution in [0, 0.1) is 0 Å². The molecule has 2 aromatic heterocycles. The summed E-state index contributed by atoms with van der Waals surface area (Å²) in [6, 6.07) is 3.68. The fourth-order valence-electron chi connectivity index (χ4n) is 3.02. The van der Waals surface area contributed by atoms with Crippen molar-refractivity contribution >= 4 is 23.2 Å². The van der Waals surface area contributed by atoms with Gasteiger partial charge in [-0.2, -0.15) is 5.10 Å². The first-order valence-electron chi connectivity index (χ1n) is 8.04. The third kappa shape index (κ3) is 3.21. The van der Waals surface area contributed by atoms with Crippen molar-refractivity contribution in [1.29, 1.82) is 0 Å². The van der Waals surface area contributed by atoms with Crippen LogP contribution in [-0.4, -0.2) is 34.8 Å². The Morgan fingerprint density at radius 2 is 2.12 bits per heavy atom. The molecule has 0 aliphatic heterocycles. The highest BCUT2D eigenvalue weighted by molar-refractivity contribution is 7.15. The third-order valence-corrected chi connectivity index (χ3v) is 5.29. The molecule has 0 bridgehead atoms. The summed E-state index contributed by atoms with van der Waals surface area (Å²) < 4.78 is 6.71. The van der Waals surface area contributed by atoms with Crippen LogP contribution in [0.25, 0.3) is 0 Å². The summed E-state index contributed by atoms with van der Waals surface area (Å²) in [6.45, 7) is 4.21. The Balaban J connectivity index is 1.68. The first-order chi connectivity index (χ1) is 11.5. The van der Waals surface area contributed by atoms with Gasteiger partial charge in [0.1, 0.15) is 4.88 Å². The summed E-state index contributed by atoms with van der Waals surface area (Å²) >= 11 is 1.15. The van der Waals surface area contributed by atoms with E-state index in [0.717, 1.165) is 30.6 Å². The van der Waals surface area contributed by atoms with Crippen molar-refractivity contribution < 1.29 is 14.3 Å². The largest absolute Gasteiger partial charge is 0.465 e. The van der Waals surface area contributed by atoms with Gasteiger partial charge in [0, 0.05) is 24.2 Å². The zero-order valence-corrected chi connectivity index (χ0v) is 14.9. The lowest BCUT2D eigenvalue weighted by Crippen LogP contribution is -2.39. The molecule has 1 unspecified atom stereocenters. The molecule has 24 heavy (non-hydrogen) atoms. The number of amides is 1. The molecule has 7 heteroatoms. The van der Waals surface area contributed by atoms with Crippen LogP contribution in [0.1, 0.15) is 56.9 Å². The number of rotatable bonds is 4. The van der Waals surface area contributed by atoms with Crippen molar-refractivity contribution in [1.82, 2.24) is 15.1 Å². The minimum absolute atomic E-state index is 0.0860. The average molecular weight is 347 g/mol. The Morgan fingerprint density at radius 1 is 1.38 bits per heavy atom. The van der Waals surface area contributed by atoms with Crippen LogP contribution in [0.5, 0.6) is 0 Å². The number of aryl methyl sites for hydroxylation is 1. The summed E-state index contributed by atoms with van der Waals surface area (Å²) in [5, 5.41) is 7.54. The number of nitrogens with one attached hydrogen (secondary N) is 1. The number of hydrogen-bond donors (Lipinski definition) is 1. The Hall–Kier alpha value is -2.15.